The smallest absolute Gasteiger partial charge is 0.326 e. The zero-order chi connectivity index (χ0) is 26.3. The molecule has 0 aromatic rings. The second kappa shape index (κ2) is 17.1. The molecular formula is C20H37N5O8S. The van der Waals surface area contributed by atoms with Gasteiger partial charge in [0.2, 0.25) is 17.7 Å². The molecule has 196 valence electrons. The van der Waals surface area contributed by atoms with Gasteiger partial charge in [0, 0.05) is 6.42 Å². The van der Waals surface area contributed by atoms with Gasteiger partial charge in [0.15, 0.2) is 0 Å². The van der Waals surface area contributed by atoms with E-state index in [1.165, 1.54) is 18.7 Å². The van der Waals surface area contributed by atoms with Crippen molar-refractivity contribution in [2.45, 2.75) is 75.7 Å². The predicted octanol–water partition coefficient (Wildman–Crippen LogP) is -2.02. The molecule has 0 rings (SSSR count). The fourth-order valence-corrected chi connectivity index (χ4v) is 3.29. The molecule has 0 aromatic carbocycles. The Labute approximate surface area is 202 Å². The largest absolute Gasteiger partial charge is 0.481 e. The fraction of sp³-hybridized carbons (Fsp3) is 0.750. The van der Waals surface area contributed by atoms with Gasteiger partial charge in [-0.1, -0.05) is 0 Å². The molecule has 14 heteroatoms. The number of thioether (sulfide) groups is 1. The number of hydrogen-bond donors (Lipinski definition) is 8. The number of hydrogen-bond acceptors (Lipinski definition) is 9. The van der Waals surface area contributed by atoms with Crippen molar-refractivity contribution >= 4 is 41.4 Å². The van der Waals surface area contributed by atoms with E-state index in [0.717, 1.165) is 0 Å². The summed E-state index contributed by atoms with van der Waals surface area (Å²) in [6.45, 7) is 1.67. The van der Waals surface area contributed by atoms with Crippen LogP contribution in [0.25, 0.3) is 0 Å². The highest BCUT2D eigenvalue weighted by Gasteiger charge is 2.31. The highest BCUT2D eigenvalue weighted by molar-refractivity contribution is 7.98. The highest BCUT2D eigenvalue weighted by Crippen LogP contribution is 2.07. The Kier molecular flexibility index (Phi) is 15.9. The molecule has 0 fully saturated rings. The number of aliphatic hydroxyl groups is 1. The minimum atomic E-state index is -1.35. The lowest BCUT2D eigenvalue weighted by molar-refractivity contribution is -0.142. The van der Waals surface area contributed by atoms with Gasteiger partial charge in [0.1, 0.15) is 24.2 Å². The van der Waals surface area contributed by atoms with Crippen LogP contribution in [0.3, 0.4) is 0 Å². The molecule has 0 aliphatic carbocycles. The number of aliphatic hydroxyl groups excluding tert-OH is 1. The Balaban J connectivity index is 5.47. The van der Waals surface area contributed by atoms with Crippen LogP contribution in [0.2, 0.25) is 0 Å². The zero-order valence-electron chi connectivity index (χ0n) is 19.5. The van der Waals surface area contributed by atoms with Gasteiger partial charge in [-0.15, -0.1) is 0 Å². The first-order valence-corrected chi connectivity index (χ1v) is 12.3. The molecule has 34 heavy (non-hydrogen) atoms. The molecular weight excluding hydrogens is 470 g/mol. The summed E-state index contributed by atoms with van der Waals surface area (Å²) < 4.78 is 0. The van der Waals surface area contributed by atoms with Gasteiger partial charge in [0.25, 0.3) is 0 Å². The Morgan fingerprint density at radius 2 is 1.38 bits per heavy atom. The molecule has 0 radical (unpaired) electrons. The summed E-state index contributed by atoms with van der Waals surface area (Å²) in [6.07, 6.45) is 1.25. The van der Waals surface area contributed by atoms with Crippen LogP contribution in [0.1, 0.15) is 45.4 Å². The summed E-state index contributed by atoms with van der Waals surface area (Å²) >= 11 is 1.40. The van der Waals surface area contributed by atoms with Gasteiger partial charge in [0.05, 0.1) is 6.10 Å². The minimum Gasteiger partial charge on any atom is -0.481 e. The molecule has 0 aliphatic heterocycles. The van der Waals surface area contributed by atoms with Crippen LogP contribution in [-0.4, -0.2) is 93.8 Å². The maximum absolute atomic E-state index is 12.9. The Hall–Kier alpha value is -2.42. The number of carbonyl (C=O) groups is 5. The molecule has 0 heterocycles. The number of nitrogens with two attached hydrogens (primary N) is 2. The van der Waals surface area contributed by atoms with E-state index in [4.69, 9.17) is 16.6 Å². The quantitative estimate of drug-likeness (QED) is 0.0943. The summed E-state index contributed by atoms with van der Waals surface area (Å²) in [6, 6.07) is -4.97. The van der Waals surface area contributed by atoms with Crippen LogP contribution in [0.5, 0.6) is 0 Å². The van der Waals surface area contributed by atoms with Crippen molar-refractivity contribution in [3.8, 4) is 0 Å². The van der Waals surface area contributed by atoms with Crippen LogP contribution < -0.4 is 27.4 Å². The van der Waals surface area contributed by atoms with Crippen molar-refractivity contribution in [2.24, 2.45) is 11.5 Å². The topological polar surface area (TPSA) is 234 Å². The van der Waals surface area contributed by atoms with E-state index in [1.54, 1.807) is 6.26 Å². The number of unbranched alkanes of at least 4 members (excludes halogenated alkanes) is 1. The van der Waals surface area contributed by atoms with Gasteiger partial charge in [-0.3, -0.25) is 19.2 Å². The fourth-order valence-electron chi connectivity index (χ4n) is 2.82. The van der Waals surface area contributed by atoms with Crippen molar-refractivity contribution in [3.05, 3.63) is 0 Å². The van der Waals surface area contributed by atoms with E-state index >= 15 is 0 Å². The number of rotatable bonds is 18. The molecule has 0 spiro atoms. The second-order valence-corrected chi connectivity index (χ2v) is 8.77. The summed E-state index contributed by atoms with van der Waals surface area (Å²) in [4.78, 5) is 60.3. The Morgan fingerprint density at radius 3 is 1.85 bits per heavy atom. The van der Waals surface area contributed by atoms with E-state index in [9.17, 15) is 34.2 Å². The molecule has 0 saturated carbocycles. The number of aliphatic carboxylic acids is 2. The molecule has 3 amide bonds. The molecule has 0 bridgehead atoms. The summed E-state index contributed by atoms with van der Waals surface area (Å²) in [5, 5.41) is 35.0. The van der Waals surface area contributed by atoms with Crippen molar-refractivity contribution in [1.82, 2.24) is 16.0 Å². The number of carboxylic acid groups (broad SMARTS) is 2. The van der Waals surface area contributed by atoms with Crippen LogP contribution in [0.4, 0.5) is 0 Å². The van der Waals surface area contributed by atoms with E-state index in [-0.39, 0.29) is 19.3 Å². The molecule has 0 aliphatic rings. The van der Waals surface area contributed by atoms with Gasteiger partial charge in [-0.25, -0.2) is 4.79 Å². The maximum atomic E-state index is 12.9. The first kappa shape index (κ1) is 31.6. The van der Waals surface area contributed by atoms with Gasteiger partial charge < -0.3 is 42.7 Å². The van der Waals surface area contributed by atoms with Crippen molar-refractivity contribution in [2.75, 3.05) is 18.6 Å². The highest BCUT2D eigenvalue weighted by atomic mass is 32.2. The van der Waals surface area contributed by atoms with Gasteiger partial charge in [-0.2, -0.15) is 11.8 Å². The lowest BCUT2D eigenvalue weighted by atomic mass is 10.1. The van der Waals surface area contributed by atoms with Crippen molar-refractivity contribution in [3.63, 3.8) is 0 Å². The minimum absolute atomic E-state index is 0.163. The zero-order valence-corrected chi connectivity index (χ0v) is 20.3. The Bertz CT molecular complexity index is 694. The number of nitrogens with one attached hydrogen (secondary N) is 3. The lowest BCUT2D eigenvalue weighted by Gasteiger charge is -2.25. The average molecular weight is 508 g/mol. The molecule has 5 atom stereocenters. The number of carbonyl (C=O) groups excluding carboxylic acids is 3. The molecule has 13 nitrogen and oxygen atoms in total. The third-order valence-corrected chi connectivity index (χ3v) is 5.55. The molecule has 5 unspecified atom stereocenters. The first-order chi connectivity index (χ1) is 15.9. The third-order valence-electron chi connectivity index (χ3n) is 4.91. The summed E-state index contributed by atoms with van der Waals surface area (Å²) in [5.41, 5.74) is 11.0. The van der Waals surface area contributed by atoms with E-state index in [1.807, 2.05) is 0 Å². The third kappa shape index (κ3) is 12.7. The lowest BCUT2D eigenvalue weighted by Crippen LogP contribution is -2.58. The van der Waals surface area contributed by atoms with Gasteiger partial charge >= 0.3 is 11.9 Å². The van der Waals surface area contributed by atoms with Crippen LogP contribution in [0.15, 0.2) is 0 Å². The van der Waals surface area contributed by atoms with E-state index in [2.05, 4.69) is 16.0 Å². The monoisotopic (exact) mass is 507 g/mol. The van der Waals surface area contributed by atoms with Crippen LogP contribution in [-0.2, 0) is 24.0 Å². The van der Waals surface area contributed by atoms with E-state index < -0.39 is 66.4 Å². The molecule has 0 aromatic heterocycles. The van der Waals surface area contributed by atoms with Crippen LogP contribution >= 0.6 is 11.8 Å². The number of carboxylic acids is 2. The summed E-state index contributed by atoms with van der Waals surface area (Å²) in [7, 11) is 0. The number of amides is 3. The predicted molar refractivity (Wildman–Crippen MR) is 126 cm³/mol. The SMILES string of the molecule is CSCCC(NC(=O)C(CCC(=O)O)NC(=O)C(N)C(C)O)C(=O)NC(CCCCN)C(=O)O. The van der Waals surface area contributed by atoms with Crippen molar-refractivity contribution < 1.29 is 39.3 Å². The maximum Gasteiger partial charge on any atom is 0.326 e. The second-order valence-electron chi connectivity index (χ2n) is 7.79. The average Bonchev–Trinajstić information content (AvgIpc) is 2.77. The standard InChI is InChI=1S/C20H37N5O8S/c1-11(26)16(22)19(31)24-12(6-7-15(27)28)17(29)23-13(8-10-34-2)18(30)25-14(20(32)33)5-3-4-9-21/h11-14,16,26H,3-10,21-22H2,1-2H3,(H,23,29)(H,24,31)(H,25,30)(H,27,28)(H,32,33). The normalized spacial score (nSPS) is 15.3. The van der Waals surface area contributed by atoms with Crippen molar-refractivity contribution in [1.29, 1.82) is 0 Å². The molecule has 10 N–H and O–H groups in total. The van der Waals surface area contributed by atoms with Crippen LogP contribution in [0, 0.1) is 0 Å². The molecule has 0 saturated heterocycles. The van der Waals surface area contributed by atoms with Gasteiger partial charge in [-0.05, 0) is 57.6 Å². The first-order valence-electron chi connectivity index (χ1n) is 10.9. The Morgan fingerprint density at radius 1 is 0.853 bits per heavy atom. The summed E-state index contributed by atoms with van der Waals surface area (Å²) in [5.74, 6) is -4.38. The van der Waals surface area contributed by atoms with E-state index in [0.29, 0.717) is 25.1 Å².